The Morgan fingerprint density at radius 3 is 1.45 bits per heavy atom. The van der Waals surface area contributed by atoms with Crippen LogP contribution in [-0.2, 0) is 20.4 Å². The van der Waals surface area contributed by atoms with E-state index in [1.165, 1.54) is 85.5 Å². The van der Waals surface area contributed by atoms with Crippen molar-refractivity contribution in [1.29, 1.82) is 0 Å². The van der Waals surface area contributed by atoms with Crippen molar-refractivity contribution in [3.8, 4) is 34.0 Å². The molecule has 0 amide bonds. The number of nitrogen functional groups attached to an aromatic ring is 1. The lowest BCUT2D eigenvalue weighted by molar-refractivity contribution is -0.384. The number of nitro groups is 1. The smallest absolute Gasteiger partial charge is 0.307 e. The zero-order valence-electron chi connectivity index (χ0n) is 47.4. The zero-order chi connectivity index (χ0) is 58.5. The number of anilines is 7. The minimum absolute atomic E-state index is 0.0738. The molecule has 2 aliphatic rings. The molecule has 2 fully saturated rings. The molecule has 8 aromatic rings. The van der Waals surface area contributed by atoms with Gasteiger partial charge < -0.3 is 45.4 Å². The number of hydrogen-bond acceptors (Lipinski definition) is 19. The Bertz CT molecular complexity index is 3820. The summed E-state index contributed by atoms with van der Waals surface area (Å²) >= 11 is 0. The van der Waals surface area contributed by atoms with Gasteiger partial charge in [0.05, 0.1) is 64.3 Å². The maximum Gasteiger partial charge on any atom is 0.307 e. The molecule has 10 rings (SSSR count). The number of nitrogens with one attached hydrogen (secondary N) is 2. The fourth-order valence-corrected chi connectivity index (χ4v) is 12.1. The van der Waals surface area contributed by atoms with Crippen molar-refractivity contribution in [2.24, 2.45) is 0 Å². The van der Waals surface area contributed by atoms with E-state index in [2.05, 4.69) is 40.3 Å². The number of aromatic nitrogens is 6. The van der Waals surface area contributed by atoms with Crippen molar-refractivity contribution in [2.75, 3.05) is 135 Å². The molecule has 24 nitrogen and oxygen atoms in total. The zero-order valence-corrected chi connectivity index (χ0v) is 49.0. The van der Waals surface area contributed by atoms with Gasteiger partial charge in [0, 0.05) is 133 Å². The second-order valence-electron chi connectivity index (χ2n) is 20.4. The van der Waals surface area contributed by atoms with Crippen molar-refractivity contribution in [2.45, 2.75) is 25.7 Å². The highest BCUT2D eigenvalue weighted by Gasteiger charge is 2.27. The van der Waals surface area contributed by atoms with Crippen molar-refractivity contribution < 1.29 is 31.2 Å². The molecule has 2 aliphatic heterocycles. The third kappa shape index (κ3) is 12.5. The van der Waals surface area contributed by atoms with E-state index in [4.69, 9.17) is 20.2 Å². The van der Waals surface area contributed by atoms with Crippen molar-refractivity contribution in [3.63, 3.8) is 0 Å². The van der Waals surface area contributed by atoms with E-state index in [-0.39, 0.29) is 11.6 Å². The van der Waals surface area contributed by atoms with Crippen LogP contribution >= 0.6 is 0 Å². The third-order valence-corrected chi connectivity index (χ3v) is 18.1. The summed E-state index contributed by atoms with van der Waals surface area (Å²) in [7, 11) is 5.42. The van der Waals surface area contributed by atoms with Gasteiger partial charge in [0.1, 0.15) is 17.2 Å². The van der Waals surface area contributed by atoms with Crippen LogP contribution in [-0.4, -0.2) is 177 Å². The molecule has 4 aromatic carbocycles. The SMILES string of the molecule is COc1cc(N(C)CCN2CCCC2)c(N)cc1Nc1nccc(-c2cn(S(=O)(=O)N(C)C)c3ccccc23)n1.COc1cc(N(C)CCN2CCCC2)c([N+](=O)[O-])cc1Nc1nccc(-c2cn(S(=O)(=O)N(C)C)c3ccccc23)n1. The molecule has 0 bridgehead atoms. The van der Waals surface area contributed by atoms with Crippen LogP contribution in [0.4, 0.5) is 46.0 Å². The van der Waals surface area contributed by atoms with Crippen molar-refractivity contribution in [1.82, 2.24) is 46.3 Å². The number of benzene rings is 4. The number of ether oxygens (including phenoxy) is 2. The average molecular weight is 1160 g/mol. The van der Waals surface area contributed by atoms with Gasteiger partial charge in [-0.2, -0.15) is 25.4 Å². The third-order valence-electron chi connectivity index (χ3n) is 14.7. The summed E-state index contributed by atoms with van der Waals surface area (Å²) in [6.45, 7) is 7.72. The van der Waals surface area contributed by atoms with E-state index >= 15 is 0 Å². The number of likely N-dealkylation sites (tertiary alicyclic amines) is 2. The molecule has 0 aliphatic carbocycles. The Morgan fingerprint density at radius 2 is 1.02 bits per heavy atom. The van der Waals surface area contributed by atoms with Gasteiger partial charge in [-0.15, -0.1) is 0 Å². The van der Waals surface area contributed by atoms with E-state index in [1.807, 2.05) is 61.5 Å². The number of para-hydroxylation sites is 2. The topological polar surface area (TPSA) is 261 Å². The number of hydrogen-bond donors (Lipinski definition) is 3. The maximum absolute atomic E-state index is 13.0. The number of methoxy groups -OCH3 is 2. The standard InChI is InChI=1S/C28H34N8O5S.C28H36N8O3S/c1-32(2)42(39,40)35-19-21(20-9-5-6-10-24(20)35)22-11-12-29-28(30-22)31-23-17-26(36(37)38)25(18-27(23)41-4)33(3)15-16-34-13-7-8-14-34;1-33(2)40(37,38)36-19-21(20-9-5-6-10-25(20)36)23-11-12-30-28(31-23)32-24-17-22(29)26(18-27(24)39-4)34(3)15-16-35-13-7-8-14-35/h5-6,9-12,17-19H,7-8,13-16H2,1-4H3,(H,29,30,31);5-6,9-12,17-19H,7-8,13-16,29H2,1-4H3,(H,30,31,32). The summed E-state index contributed by atoms with van der Waals surface area (Å²) in [5.41, 5.74) is 12.7. The second kappa shape index (κ2) is 24.9. The number of fused-ring (bicyclic) bond motifs is 2. The monoisotopic (exact) mass is 1160 g/mol. The molecule has 26 heteroatoms. The lowest BCUT2D eigenvalue weighted by Gasteiger charge is -2.25. The summed E-state index contributed by atoms with van der Waals surface area (Å²) < 4.78 is 68.1. The van der Waals surface area contributed by atoms with Crippen LogP contribution in [0.15, 0.2) is 110 Å². The number of rotatable bonds is 21. The normalized spacial score (nSPS) is 14.1. The quantitative estimate of drug-likeness (QED) is 0.0356. The number of likely N-dealkylation sites (N-methyl/N-ethyl adjacent to an activating group) is 2. The first kappa shape index (κ1) is 58.5. The predicted molar refractivity (Wildman–Crippen MR) is 323 cm³/mol. The van der Waals surface area contributed by atoms with Crippen LogP contribution in [0.1, 0.15) is 25.7 Å². The van der Waals surface area contributed by atoms with Gasteiger partial charge in [0.2, 0.25) is 11.9 Å². The van der Waals surface area contributed by atoms with Gasteiger partial charge in [-0.1, -0.05) is 36.4 Å². The van der Waals surface area contributed by atoms with Crippen molar-refractivity contribution >= 4 is 88.2 Å². The van der Waals surface area contributed by atoms with E-state index in [0.717, 1.165) is 61.2 Å². The number of nitrogens with zero attached hydrogens (tertiary/aromatic N) is 13. The maximum atomic E-state index is 13.0. The molecule has 2 saturated heterocycles. The molecule has 0 saturated carbocycles. The van der Waals surface area contributed by atoms with Gasteiger partial charge in [0.15, 0.2) is 0 Å². The first-order chi connectivity index (χ1) is 39.3. The van der Waals surface area contributed by atoms with Crippen LogP contribution in [0, 0.1) is 10.1 Å². The van der Waals surface area contributed by atoms with Gasteiger partial charge in [-0.25, -0.2) is 27.9 Å². The van der Waals surface area contributed by atoms with Crippen LogP contribution in [0.25, 0.3) is 44.3 Å². The van der Waals surface area contributed by atoms with Gasteiger partial charge in [-0.05, 0) is 82.2 Å². The summed E-state index contributed by atoms with van der Waals surface area (Å²) in [6, 6.07) is 24.7. The van der Waals surface area contributed by atoms with Crippen molar-refractivity contribution in [3.05, 3.63) is 120 Å². The molecule has 4 aromatic heterocycles. The van der Waals surface area contributed by atoms with Gasteiger partial charge in [-0.3, -0.25) is 10.1 Å². The largest absolute Gasteiger partial charge is 0.494 e. The van der Waals surface area contributed by atoms with Crippen LogP contribution in [0.5, 0.6) is 11.5 Å². The molecule has 0 atom stereocenters. The summed E-state index contributed by atoms with van der Waals surface area (Å²) in [5, 5.41) is 19.9. The Morgan fingerprint density at radius 1 is 0.610 bits per heavy atom. The number of nitro benzene ring substituents is 1. The fraction of sp³-hybridized carbons (Fsp3) is 0.357. The number of nitrogens with two attached hydrogens (primary N) is 1. The highest BCUT2D eigenvalue weighted by atomic mass is 32.2. The minimum atomic E-state index is -3.79. The fourth-order valence-electron chi connectivity index (χ4n) is 10.1. The Labute approximate surface area is 478 Å². The summed E-state index contributed by atoms with van der Waals surface area (Å²) in [4.78, 5) is 38.6. The molecule has 6 heterocycles. The minimum Gasteiger partial charge on any atom is -0.494 e. The highest BCUT2D eigenvalue weighted by Crippen LogP contribution is 2.41. The first-order valence-corrected chi connectivity index (χ1v) is 29.6. The predicted octanol–water partition coefficient (Wildman–Crippen LogP) is 7.56. The Hall–Kier alpha value is -8.14. The van der Waals surface area contributed by atoms with E-state index in [1.54, 1.807) is 62.1 Å². The molecule has 0 radical (unpaired) electrons. The van der Waals surface area contributed by atoms with Gasteiger partial charge >= 0.3 is 20.4 Å². The van der Waals surface area contributed by atoms with Crippen LogP contribution in [0.3, 0.4) is 0 Å². The lowest BCUT2D eigenvalue weighted by atomic mass is 10.1. The second-order valence-corrected chi connectivity index (χ2v) is 24.5. The van der Waals surface area contributed by atoms with Crippen LogP contribution in [0.2, 0.25) is 0 Å². The summed E-state index contributed by atoms with van der Waals surface area (Å²) in [5.74, 6) is 1.51. The molecule has 82 heavy (non-hydrogen) atoms. The lowest BCUT2D eigenvalue weighted by Crippen LogP contribution is -2.31. The Kier molecular flexibility index (Phi) is 17.8. The molecule has 0 spiro atoms. The first-order valence-electron chi connectivity index (χ1n) is 26.8. The molecular formula is C56H70N16O8S2. The van der Waals surface area contributed by atoms with Crippen LogP contribution < -0.4 is 35.6 Å². The Balaban J connectivity index is 0.000000198. The highest BCUT2D eigenvalue weighted by molar-refractivity contribution is 7.88. The van der Waals surface area contributed by atoms with Gasteiger partial charge in [0.25, 0.3) is 5.69 Å². The molecule has 0 unspecified atom stereocenters. The molecule has 434 valence electrons. The molecular weight excluding hydrogens is 1090 g/mol. The van der Waals surface area contributed by atoms with E-state index in [9.17, 15) is 26.9 Å². The molecule has 4 N–H and O–H groups in total. The van der Waals surface area contributed by atoms with E-state index in [0.29, 0.717) is 85.7 Å². The average Bonchev–Trinajstić information content (AvgIpc) is 3.51. The van der Waals surface area contributed by atoms with E-state index < -0.39 is 25.3 Å². The summed E-state index contributed by atoms with van der Waals surface area (Å²) in [6.07, 6.45) is 11.2.